The average molecular weight is 221 g/mol. The molecular formula is C10H7NOS2. The van der Waals surface area contributed by atoms with Crippen LogP contribution in [0.4, 0.5) is 0 Å². The van der Waals surface area contributed by atoms with Gasteiger partial charge in [0, 0.05) is 18.0 Å². The summed E-state index contributed by atoms with van der Waals surface area (Å²) in [7, 11) is 4.88. The Labute approximate surface area is 87.4 Å². The molecule has 4 heteroatoms. The molecule has 0 unspecified atom stereocenters. The number of fused-ring (bicyclic) bond motifs is 3. The van der Waals surface area contributed by atoms with Crippen LogP contribution in [0.15, 0.2) is 29.1 Å². The number of hydrogen-bond acceptors (Lipinski definition) is 3. The van der Waals surface area contributed by atoms with E-state index in [9.17, 15) is 4.79 Å². The molecule has 14 heavy (non-hydrogen) atoms. The maximum Gasteiger partial charge on any atom is 0.253 e. The Hall–Kier alpha value is -1.13. The minimum atomic E-state index is 0.182. The summed E-state index contributed by atoms with van der Waals surface area (Å²) in [4.78, 5) is 12.7. The lowest BCUT2D eigenvalue weighted by Crippen LogP contribution is -1.85. The van der Waals surface area contributed by atoms with Gasteiger partial charge in [-0.05, 0) is 16.4 Å². The van der Waals surface area contributed by atoms with Crippen LogP contribution >= 0.6 is 20.7 Å². The molecule has 1 aromatic carbocycles. The van der Waals surface area contributed by atoms with E-state index in [-0.39, 0.29) is 4.74 Å². The van der Waals surface area contributed by atoms with Crippen molar-refractivity contribution in [1.82, 2.24) is 4.57 Å². The van der Waals surface area contributed by atoms with Gasteiger partial charge in [0.1, 0.15) is 4.83 Å². The molecule has 3 rings (SSSR count). The number of aryl methyl sites for hydroxylation is 1. The molecule has 70 valence electrons. The molecule has 0 bridgehead atoms. The summed E-state index contributed by atoms with van der Waals surface area (Å²) in [5, 5.41) is 1.96. The third-order valence-corrected chi connectivity index (χ3v) is 4.71. The van der Waals surface area contributed by atoms with Gasteiger partial charge < -0.3 is 4.57 Å². The number of para-hydroxylation sites is 1. The standard InChI is InChI=1S/C10H7NOS2/c1-11-7-5-3-2-4-6(7)8-9(11)13-14-10(8)12/h2-5H,1H3. The summed E-state index contributed by atoms with van der Waals surface area (Å²) >= 11 is 0. The molecule has 0 N–H and O–H groups in total. The quantitative estimate of drug-likeness (QED) is 0.535. The highest BCUT2D eigenvalue weighted by atomic mass is 32.9. The van der Waals surface area contributed by atoms with Gasteiger partial charge in [0.05, 0.1) is 5.39 Å². The summed E-state index contributed by atoms with van der Waals surface area (Å²) in [6.45, 7) is 0. The van der Waals surface area contributed by atoms with Gasteiger partial charge in [-0.25, -0.2) is 0 Å². The van der Waals surface area contributed by atoms with Gasteiger partial charge in [0.25, 0.3) is 4.74 Å². The molecule has 0 fully saturated rings. The summed E-state index contributed by atoms with van der Waals surface area (Å²) in [6, 6.07) is 8.04. The second-order valence-electron chi connectivity index (χ2n) is 3.21. The Morgan fingerprint density at radius 1 is 1.21 bits per heavy atom. The van der Waals surface area contributed by atoms with Gasteiger partial charge in [-0.1, -0.05) is 28.5 Å². The molecule has 0 spiro atoms. The second kappa shape index (κ2) is 2.68. The van der Waals surface area contributed by atoms with E-state index in [1.807, 2.05) is 31.3 Å². The molecule has 0 amide bonds. The van der Waals surface area contributed by atoms with Gasteiger partial charge >= 0.3 is 0 Å². The van der Waals surface area contributed by atoms with Crippen molar-refractivity contribution in [3.63, 3.8) is 0 Å². The van der Waals surface area contributed by atoms with Crippen LogP contribution in [0, 0.1) is 0 Å². The first kappa shape index (κ1) is 8.20. The lowest BCUT2D eigenvalue weighted by molar-refractivity contribution is 1.02. The smallest absolute Gasteiger partial charge is 0.253 e. The van der Waals surface area contributed by atoms with Gasteiger partial charge in [-0.3, -0.25) is 4.79 Å². The van der Waals surface area contributed by atoms with E-state index >= 15 is 0 Å². The fraction of sp³-hybridized carbons (Fsp3) is 0.100. The topological polar surface area (TPSA) is 22.0 Å². The first-order chi connectivity index (χ1) is 6.79. The SMILES string of the molecule is Cn1c2ccccc2c2c(=O)ssc21. The van der Waals surface area contributed by atoms with E-state index in [2.05, 4.69) is 4.57 Å². The first-order valence-corrected chi connectivity index (χ1v) is 6.40. The predicted molar refractivity (Wildman–Crippen MR) is 62.4 cm³/mol. The molecule has 0 saturated heterocycles. The van der Waals surface area contributed by atoms with Crippen LogP contribution in [0.1, 0.15) is 0 Å². The second-order valence-corrected chi connectivity index (χ2v) is 5.30. The highest BCUT2D eigenvalue weighted by Crippen LogP contribution is 2.30. The predicted octanol–water partition coefficient (Wildman–Crippen LogP) is 2.81. The minimum Gasteiger partial charge on any atom is -0.335 e. The van der Waals surface area contributed by atoms with Gasteiger partial charge in [-0.15, -0.1) is 0 Å². The number of benzene rings is 1. The molecule has 0 aliphatic carbocycles. The van der Waals surface area contributed by atoms with E-state index in [1.165, 1.54) is 10.3 Å². The number of nitrogens with zero attached hydrogens (tertiary/aromatic N) is 1. The molecule has 0 aliphatic heterocycles. The van der Waals surface area contributed by atoms with Crippen LogP contribution in [0.3, 0.4) is 0 Å². The molecule has 0 radical (unpaired) electrons. The average Bonchev–Trinajstić information content (AvgIpc) is 2.70. The fourth-order valence-electron chi connectivity index (χ4n) is 1.78. The Kier molecular flexibility index (Phi) is 1.57. The molecule has 3 aromatic rings. The number of rotatable bonds is 0. The summed E-state index contributed by atoms with van der Waals surface area (Å²) in [6.07, 6.45) is 0. The van der Waals surface area contributed by atoms with Crippen LogP contribution in [0.2, 0.25) is 0 Å². The van der Waals surface area contributed by atoms with Gasteiger partial charge in [-0.2, -0.15) is 0 Å². The Morgan fingerprint density at radius 2 is 2.00 bits per heavy atom. The zero-order valence-electron chi connectivity index (χ0n) is 7.48. The minimum absolute atomic E-state index is 0.182. The van der Waals surface area contributed by atoms with E-state index in [4.69, 9.17) is 0 Å². The lowest BCUT2D eigenvalue weighted by Gasteiger charge is -1.93. The van der Waals surface area contributed by atoms with Crippen LogP contribution < -0.4 is 4.74 Å². The Morgan fingerprint density at radius 3 is 2.86 bits per heavy atom. The Balaban J connectivity index is 2.78. The third kappa shape index (κ3) is 0.871. The van der Waals surface area contributed by atoms with Gasteiger partial charge in [0.15, 0.2) is 0 Å². The van der Waals surface area contributed by atoms with E-state index < -0.39 is 0 Å². The van der Waals surface area contributed by atoms with Crippen molar-refractivity contribution in [1.29, 1.82) is 0 Å². The monoisotopic (exact) mass is 221 g/mol. The Bertz CT molecular complexity index is 674. The van der Waals surface area contributed by atoms with Gasteiger partial charge in [0.2, 0.25) is 0 Å². The zero-order chi connectivity index (χ0) is 9.71. The molecule has 2 heterocycles. The molecule has 2 nitrogen and oxygen atoms in total. The number of aromatic nitrogens is 1. The normalized spacial score (nSPS) is 11.5. The summed E-state index contributed by atoms with van der Waals surface area (Å²) in [5.74, 6) is 0. The first-order valence-electron chi connectivity index (χ1n) is 4.25. The maximum absolute atomic E-state index is 11.6. The fourth-order valence-corrected chi connectivity index (χ4v) is 4.09. The summed E-state index contributed by atoms with van der Waals surface area (Å²) in [5.41, 5.74) is 1.14. The van der Waals surface area contributed by atoms with Crippen LogP contribution in [-0.2, 0) is 7.05 Å². The van der Waals surface area contributed by atoms with E-state index in [0.717, 1.165) is 21.1 Å². The zero-order valence-corrected chi connectivity index (χ0v) is 9.11. The van der Waals surface area contributed by atoms with Crippen LogP contribution in [0.5, 0.6) is 0 Å². The van der Waals surface area contributed by atoms with Crippen molar-refractivity contribution in [3.05, 3.63) is 33.8 Å². The molecular weight excluding hydrogens is 214 g/mol. The molecule has 0 aliphatic rings. The van der Waals surface area contributed by atoms with E-state index in [0.29, 0.717) is 0 Å². The number of hydrogen-bond donors (Lipinski definition) is 0. The maximum atomic E-state index is 11.6. The van der Waals surface area contributed by atoms with Crippen molar-refractivity contribution in [2.24, 2.45) is 7.05 Å². The largest absolute Gasteiger partial charge is 0.335 e. The third-order valence-electron chi connectivity index (χ3n) is 2.45. The lowest BCUT2D eigenvalue weighted by atomic mass is 10.2. The van der Waals surface area contributed by atoms with Crippen LogP contribution in [0.25, 0.3) is 21.1 Å². The summed E-state index contributed by atoms with van der Waals surface area (Å²) < 4.78 is 2.27. The molecule has 0 saturated carbocycles. The molecule has 0 atom stereocenters. The van der Waals surface area contributed by atoms with Crippen molar-refractivity contribution in [2.45, 2.75) is 0 Å². The van der Waals surface area contributed by atoms with Crippen LogP contribution in [-0.4, -0.2) is 4.57 Å². The van der Waals surface area contributed by atoms with Crippen molar-refractivity contribution >= 4 is 41.8 Å². The highest BCUT2D eigenvalue weighted by molar-refractivity contribution is 7.71. The molecule has 2 aromatic heterocycles. The van der Waals surface area contributed by atoms with E-state index in [1.54, 1.807) is 10.3 Å². The van der Waals surface area contributed by atoms with Crippen molar-refractivity contribution in [3.8, 4) is 0 Å². The van der Waals surface area contributed by atoms with Crippen molar-refractivity contribution in [2.75, 3.05) is 0 Å². The highest BCUT2D eigenvalue weighted by Gasteiger charge is 2.12. The van der Waals surface area contributed by atoms with Crippen molar-refractivity contribution < 1.29 is 0 Å².